The second-order valence-corrected chi connectivity index (χ2v) is 0.524. The third kappa shape index (κ3) is 30.8. The summed E-state index contributed by atoms with van der Waals surface area (Å²) in [6, 6.07) is 0. The number of hydrogen-bond donors (Lipinski definition) is 0. The van der Waals surface area contributed by atoms with Crippen LogP contribution in [0.5, 0.6) is 0 Å². The van der Waals surface area contributed by atoms with Crippen molar-refractivity contribution in [2.24, 2.45) is 0 Å². The van der Waals surface area contributed by atoms with Crippen LogP contribution in [0.25, 0.3) is 0 Å². The average molecular weight is 173 g/mol. The summed E-state index contributed by atoms with van der Waals surface area (Å²) in [7, 11) is 0. The maximum absolute atomic E-state index is 8.14. The van der Waals surface area contributed by atoms with Crippen molar-refractivity contribution in [1.29, 1.82) is 0 Å². The summed E-state index contributed by atoms with van der Waals surface area (Å²) in [4.78, 5) is 0. The Balaban J connectivity index is 0. The van der Waals surface area contributed by atoms with Crippen LogP contribution in [0.3, 0.4) is 0 Å². The Bertz CT molecular complexity index is 28.7. The summed E-state index contributed by atoms with van der Waals surface area (Å²) in [5.74, 6) is 0. The molecule has 0 aromatic carbocycles. The first kappa shape index (κ1) is 9.48. The minimum atomic E-state index is 0.722. The molecule has 0 aliphatic carbocycles. The minimum absolute atomic E-state index is 0.722. The standard InChI is InChI=1S/C4H6.O.Rh/c1-3-4-2;;/h1,3H,2,4H2;;/q-2;;. The van der Waals surface area contributed by atoms with E-state index < -0.39 is 0 Å². The molecule has 0 fully saturated rings. The average Bonchev–Trinajstić information content (AvgIpc) is 1.72. The molecule has 0 radical (unpaired) electrons. The molecule has 0 aliphatic heterocycles. The molecular weight excluding hydrogens is 167 g/mol. The van der Waals surface area contributed by atoms with E-state index in [-0.39, 0.29) is 0 Å². The van der Waals surface area contributed by atoms with E-state index in [1.807, 2.05) is 0 Å². The zero-order valence-electron chi connectivity index (χ0n) is 3.31. The van der Waals surface area contributed by atoms with Crippen molar-refractivity contribution in [1.82, 2.24) is 0 Å². The normalized spacial score (nSPS) is 5.00. The molecule has 39 valence electrons. The second-order valence-electron chi connectivity index (χ2n) is 0.524. The van der Waals surface area contributed by atoms with Crippen molar-refractivity contribution in [3.63, 3.8) is 0 Å². The molecular formula is C4H6ORh-2. The SMILES string of the molecule is [CH-]=CC[CH2-].[O]=[Rh]. The van der Waals surface area contributed by atoms with Crippen molar-refractivity contribution in [2.45, 2.75) is 6.42 Å². The molecule has 0 aliphatic rings. The van der Waals surface area contributed by atoms with Crippen molar-refractivity contribution in [3.8, 4) is 0 Å². The quantitative estimate of drug-likeness (QED) is 0.428. The van der Waals surface area contributed by atoms with Gasteiger partial charge in [-0.1, -0.05) is 0 Å². The third-order valence-corrected chi connectivity index (χ3v) is 0.167. The van der Waals surface area contributed by atoms with E-state index in [1.54, 1.807) is 0 Å². The summed E-state index contributed by atoms with van der Waals surface area (Å²) in [5.41, 5.74) is 0. The predicted octanol–water partition coefficient (Wildman–Crippen LogP) is 1.08. The van der Waals surface area contributed by atoms with Gasteiger partial charge in [-0.2, -0.15) is 6.42 Å². The third-order valence-electron chi connectivity index (χ3n) is 0.167. The number of rotatable bonds is 1. The van der Waals surface area contributed by atoms with Crippen LogP contribution in [0.4, 0.5) is 0 Å². The van der Waals surface area contributed by atoms with Crippen molar-refractivity contribution in [3.05, 3.63) is 19.6 Å². The maximum atomic E-state index is 8.14. The van der Waals surface area contributed by atoms with Gasteiger partial charge in [0.25, 0.3) is 0 Å². The first-order valence-electron chi connectivity index (χ1n) is 1.38. The summed E-state index contributed by atoms with van der Waals surface area (Å²) in [6.45, 7) is 8.26. The topological polar surface area (TPSA) is 17.1 Å². The van der Waals surface area contributed by atoms with Crippen molar-refractivity contribution < 1.29 is 21.8 Å². The molecule has 2 heteroatoms. The molecule has 1 nitrogen and oxygen atoms in total. The van der Waals surface area contributed by atoms with Crippen molar-refractivity contribution >= 4 is 0 Å². The van der Waals surface area contributed by atoms with Gasteiger partial charge in [0.2, 0.25) is 0 Å². The molecule has 0 bridgehead atoms. The molecule has 0 atom stereocenters. The Labute approximate surface area is 48.4 Å². The number of allylic oxidation sites excluding steroid dienone is 1. The van der Waals surface area contributed by atoms with Crippen LogP contribution in [0.2, 0.25) is 0 Å². The van der Waals surface area contributed by atoms with E-state index in [1.165, 1.54) is 24.3 Å². The van der Waals surface area contributed by atoms with Gasteiger partial charge >= 0.3 is 21.8 Å². The Morgan fingerprint density at radius 3 is 2.00 bits per heavy atom. The molecule has 0 saturated carbocycles. The molecule has 0 amide bonds. The molecule has 0 saturated heterocycles. The van der Waals surface area contributed by atoms with Crippen molar-refractivity contribution in [2.75, 3.05) is 0 Å². The molecule has 0 aromatic rings. The second kappa shape index (κ2) is 19.1. The van der Waals surface area contributed by atoms with Gasteiger partial charge in [0.05, 0.1) is 0 Å². The summed E-state index contributed by atoms with van der Waals surface area (Å²) in [6.07, 6.45) is 2.24. The first-order chi connectivity index (χ1) is 2.91. The Morgan fingerprint density at radius 2 is 2.00 bits per heavy atom. The fourth-order valence-corrected chi connectivity index (χ4v) is 0. The summed E-state index contributed by atoms with van der Waals surface area (Å²) in [5, 5.41) is 0. The molecule has 0 unspecified atom stereocenters. The van der Waals surface area contributed by atoms with Gasteiger partial charge in [0.15, 0.2) is 0 Å². The fourth-order valence-electron chi connectivity index (χ4n) is 0. The molecule has 0 rings (SSSR count). The zero-order chi connectivity index (χ0) is 5.41. The van der Waals surface area contributed by atoms with Crippen LogP contribution < -0.4 is 0 Å². The van der Waals surface area contributed by atoms with Gasteiger partial charge in [-0.3, -0.25) is 0 Å². The van der Waals surface area contributed by atoms with Gasteiger partial charge in [-0.05, 0) is 0 Å². The van der Waals surface area contributed by atoms with Gasteiger partial charge < -0.3 is 19.6 Å². The van der Waals surface area contributed by atoms with Crippen LogP contribution in [-0.2, 0) is 21.8 Å². The molecule has 0 spiro atoms. The van der Waals surface area contributed by atoms with E-state index in [0.717, 1.165) is 6.42 Å². The molecule has 0 N–H and O–H groups in total. The van der Waals surface area contributed by atoms with E-state index in [9.17, 15) is 0 Å². The van der Waals surface area contributed by atoms with E-state index in [0.29, 0.717) is 0 Å². The molecule has 6 heavy (non-hydrogen) atoms. The zero-order valence-corrected chi connectivity index (χ0v) is 4.95. The van der Waals surface area contributed by atoms with Crippen LogP contribution >= 0.6 is 0 Å². The van der Waals surface area contributed by atoms with Gasteiger partial charge in [0, 0.05) is 0 Å². The summed E-state index contributed by atoms with van der Waals surface area (Å²) >= 11 is 1.30. The van der Waals surface area contributed by atoms with E-state index in [4.69, 9.17) is 10.2 Å². The summed E-state index contributed by atoms with van der Waals surface area (Å²) < 4.78 is 8.14. The van der Waals surface area contributed by atoms with E-state index in [2.05, 4.69) is 6.92 Å². The fraction of sp³-hybridized carbons (Fsp3) is 0.250. The predicted molar refractivity (Wildman–Crippen MR) is 19.5 cm³/mol. The Morgan fingerprint density at radius 1 is 1.83 bits per heavy atom. The van der Waals surface area contributed by atoms with Crippen LogP contribution in [0.1, 0.15) is 6.42 Å². The van der Waals surface area contributed by atoms with Crippen LogP contribution in [-0.4, -0.2) is 0 Å². The molecule has 0 aromatic heterocycles. The Kier molecular flexibility index (Phi) is 30.2. The van der Waals surface area contributed by atoms with Crippen LogP contribution in [0, 0.1) is 13.5 Å². The van der Waals surface area contributed by atoms with Crippen LogP contribution in [0.15, 0.2) is 6.08 Å². The van der Waals surface area contributed by atoms with Gasteiger partial charge in [-0.25, -0.2) is 0 Å². The van der Waals surface area contributed by atoms with Gasteiger partial charge in [0.1, 0.15) is 0 Å². The first-order valence-corrected chi connectivity index (χ1v) is 2.05. The number of hydrogen-bond acceptors (Lipinski definition) is 1. The Hall–Kier alpha value is 0.163. The van der Waals surface area contributed by atoms with Gasteiger partial charge in [-0.15, -0.1) is 0 Å². The van der Waals surface area contributed by atoms with E-state index >= 15 is 0 Å². The molecule has 0 heterocycles. The monoisotopic (exact) mass is 173 g/mol.